The summed E-state index contributed by atoms with van der Waals surface area (Å²) in [5.41, 5.74) is 0.567. The normalized spacial score (nSPS) is 12.5. The highest BCUT2D eigenvalue weighted by molar-refractivity contribution is 5.79. The van der Waals surface area contributed by atoms with Gasteiger partial charge in [-0.25, -0.2) is 4.79 Å². The number of alkyl carbamates (subject to hydrolysis) is 1. The number of hydrogen-bond acceptors (Lipinski definition) is 4. The van der Waals surface area contributed by atoms with Crippen molar-refractivity contribution in [2.24, 2.45) is 0 Å². The van der Waals surface area contributed by atoms with E-state index in [-0.39, 0.29) is 18.7 Å². The van der Waals surface area contributed by atoms with Crippen molar-refractivity contribution in [1.82, 2.24) is 5.32 Å². The molecular weight excluding hydrogens is 294 g/mol. The van der Waals surface area contributed by atoms with E-state index in [0.29, 0.717) is 19.3 Å². The zero-order valence-corrected chi connectivity index (χ0v) is 14.2. The molecule has 0 spiro atoms. The highest BCUT2D eigenvalue weighted by Crippen LogP contribution is 2.08. The van der Waals surface area contributed by atoms with E-state index in [0.717, 1.165) is 5.56 Å². The summed E-state index contributed by atoms with van der Waals surface area (Å²) in [5, 5.41) is 12.4. The number of benzene rings is 1. The van der Waals surface area contributed by atoms with Crippen LogP contribution >= 0.6 is 0 Å². The van der Waals surface area contributed by atoms with Crippen LogP contribution in [0.5, 0.6) is 0 Å². The van der Waals surface area contributed by atoms with Crippen LogP contribution in [0.4, 0.5) is 4.79 Å². The molecule has 1 aromatic rings. The first-order chi connectivity index (χ1) is 10.8. The summed E-state index contributed by atoms with van der Waals surface area (Å²) in [7, 11) is 0. The van der Waals surface area contributed by atoms with Gasteiger partial charge in [-0.2, -0.15) is 0 Å². The van der Waals surface area contributed by atoms with Crippen LogP contribution in [-0.4, -0.2) is 35.2 Å². The maximum Gasteiger partial charge on any atom is 0.407 e. The van der Waals surface area contributed by atoms with Crippen LogP contribution in [0.25, 0.3) is 0 Å². The van der Waals surface area contributed by atoms with E-state index in [9.17, 15) is 14.7 Å². The molecule has 1 atom stereocenters. The Hall–Kier alpha value is -1.88. The summed E-state index contributed by atoms with van der Waals surface area (Å²) in [6.45, 7) is 5.63. The molecule has 0 heterocycles. The molecule has 0 aliphatic carbocycles. The van der Waals surface area contributed by atoms with Gasteiger partial charge >= 0.3 is 6.09 Å². The predicted molar refractivity (Wildman–Crippen MR) is 89.2 cm³/mol. The molecule has 0 aliphatic rings. The molecule has 1 amide bonds. The molecule has 0 aromatic heterocycles. The number of Topliss-reactive ketones (excluding diaryl/α,β-unsaturated/α-hetero) is 1. The molecule has 23 heavy (non-hydrogen) atoms. The Labute approximate surface area is 138 Å². The van der Waals surface area contributed by atoms with Gasteiger partial charge in [0.1, 0.15) is 11.4 Å². The van der Waals surface area contributed by atoms with Gasteiger partial charge in [-0.05, 0) is 39.2 Å². The van der Waals surface area contributed by atoms with E-state index >= 15 is 0 Å². The Bertz CT molecular complexity index is 493. The van der Waals surface area contributed by atoms with E-state index in [1.807, 2.05) is 30.3 Å². The maximum absolute atomic E-state index is 11.8. The first-order valence-corrected chi connectivity index (χ1v) is 7.97. The number of carbonyl (C=O) groups is 2. The molecular formula is C18H27NO4. The highest BCUT2D eigenvalue weighted by atomic mass is 16.6. The van der Waals surface area contributed by atoms with Crippen molar-refractivity contribution >= 4 is 11.9 Å². The van der Waals surface area contributed by atoms with Crippen molar-refractivity contribution in [2.75, 3.05) is 6.54 Å². The Kier molecular flexibility index (Phi) is 7.75. The lowest BCUT2D eigenvalue weighted by atomic mass is 10.0. The number of carbonyl (C=O) groups excluding carboxylic acids is 2. The lowest BCUT2D eigenvalue weighted by Crippen LogP contribution is -2.34. The Morgan fingerprint density at radius 1 is 1.22 bits per heavy atom. The summed E-state index contributed by atoms with van der Waals surface area (Å²) >= 11 is 0. The van der Waals surface area contributed by atoms with Crippen molar-refractivity contribution in [1.29, 1.82) is 0 Å². The van der Waals surface area contributed by atoms with Crippen LogP contribution < -0.4 is 5.32 Å². The lowest BCUT2D eigenvalue weighted by molar-refractivity contribution is -0.120. The van der Waals surface area contributed by atoms with Gasteiger partial charge < -0.3 is 15.2 Å². The van der Waals surface area contributed by atoms with Crippen molar-refractivity contribution in [3.63, 3.8) is 0 Å². The first kappa shape index (κ1) is 19.2. The molecule has 1 rings (SSSR count). The number of hydrogen-bond donors (Lipinski definition) is 2. The molecule has 2 N–H and O–H groups in total. The van der Waals surface area contributed by atoms with Crippen molar-refractivity contribution in [3.8, 4) is 0 Å². The van der Waals surface area contributed by atoms with E-state index < -0.39 is 17.8 Å². The smallest absolute Gasteiger partial charge is 0.407 e. The molecule has 0 bridgehead atoms. The van der Waals surface area contributed by atoms with Gasteiger partial charge in [-0.3, -0.25) is 4.79 Å². The Balaban J connectivity index is 2.17. The molecule has 5 heteroatoms. The molecule has 5 nitrogen and oxygen atoms in total. The zero-order chi connectivity index (χ0) is 17.3. The van der Waals surface area contributed by atoms with Crippen LogP contribution in [0, 0.1) is 0 Å². The molecule has 0 saturated carbocycles. The quantitative estimate of drug-likeness (QED) is 0.772. The second-order valence-corrected chi connectivity index (χ2v) is 6.60. The van der Waals surface area contributed by atoms with Gasteiger partial charge in [0, 0.05) is 19.4 Å². The summed E-state index contributed by atoms with van der Waals surface area (Å²) in [6, 6.07) is 9.78. The minimum absolute atomic E-state index is 0.0265. The molecule has 0 radical (unpaired) electrons. The summed E-state index contributed by atoms with van der Waals surface area (Å²) in [6.07, 6.45) is 0.288. The van der Waals surface area contributed by atoms with Gasteiger partial charge in [0.25, 0.3) is 0 Å². The lowest BCUT2D eigenvalue weighted by Gasteiger charge is -2.20. The molecule has 1 aromatic carbocycles. The third-order valence-electron chi connectivity index (χ3n) is 3.14. The second-order valence-electron chi connectivity index (χ2n) is 6.60. The molecule has 0 saturated heterocycles. The fourth-order valence-electron chi connectivity index (χ4n) is 2.05. The molecule has 0 fully saturated rings. The van der Waals surface area contributed by atoms with Gasteiger partial charge in [0.2, 0.25) is 0 Å². The molecule has 128 valence electrons. The minimum atomic E-state index is -0.742. The number of aryl methyl sites for hydroxylation is 1. The predicted octanol–water partition coefficient (Wildman–Crippen LogP) is 2.85. The maximum atomic E-state index is 11.8. The third kappa shape index (κ3) is 9.68. The van der Waals surface area contributed by atoms with Gasteiger partial charge in [0.15, 0.2) is 0 Å². The topological polar surface area (TPSA) is 75.6 Å². The second kappa shape index (κ2) is 9.30. The van der Waals surface area contributed by atoms with Crippen LogP contribution in [0.1, 0.15) is 45.6 Å². The van der Waals surface area contributed by atoms with Crippen molar-refractivity contribution < 1.29 is 19.4 Å². The van der Waals surface area contributed by atoms with E-state index in [1.165, 1.54) is 0 Å². The number of ketones is 1. The van der Waals surface area contributed by atoms with Crippen LogP contribution in [0.2, 0.25) is 0 Å². The zero-order valence-electron chi connectivity index (χ0n) is 14.2. The van der Waals surface area contributed by atoms with Crippen LogP contribution in [0.15, 0.2) is 30.3 Å². The highest BCUT2D eigenvalue weighted by Gasteiger charge is 2.16. The fraction of sp³-hybridized carbons (Fsp3) is 0.556. The standard InChI is InChI=1S/C18H27NO4/c1-18(2,3)23-17(22)19-12-11-16(21)13-15(20)10-9-14-7-5-4-6-8-14/h4-8,16,21H,9-13H2,1-3H3,(H,19,22). The Morgan fingerprint density at radius 2 is 1.87 bits per heavy atom. The SMILES string of the molecule is CC(C)(C)OC(=O)NCCC(O)CC(=O)CCc1ccccc1. The largest absolute Gasteiger partial charge is 0.444 e. The average Bonchev–Trinajstić information content (AvgIpc) is 2.44. The van der Waals surface area contributed by atoms with E-state index in [2.05, 4.69) is 5.32 Å². The van der Waals surface area contributed by atoms with Gasteiger partial charge in [-0.1, -0.05) is 30.3 Å². The third-order valence-corrected chi connectivity index (χ3v) is 3.14. The summed E-state index contributed by atoms with van der Waals surface area (Å²) in [5.74, 6) is 0.0265. The van der Waals surface area contributed by atoms with Crippen LogP contribution in [0.3, 0.4) is 0 Å². The van der Waals surface area contributed by atoms with E-state index in [4.69, 9.17) is 4.74 Å². The number of ether oxygens (including phenoxy) is 1. The summed E-state index contributed by atoms with van der Waals surface area (Å²) in [4.78, 5) is 23.3. The fourth-order valence-corrected chi connectivity index (χ4v) is 2.05. The van der Waals surface area contributed by atoms with Gasteiger partial charge in [0.05, 0.1) is 6.10 Å². The minimum Gasteiger partial charge on any atom is -0.444 e. The summed E-state index contributed by atoms with van der Waals surface area (Å²) < 4.78 is 5.09. The van der Waals surface area contributed by atoms with Crippen molar-refractivity contribution in [2.45, 2.75) is 58.2 Å². The number of rotatable bonds is 8. The van der Waals surface area contributed by atoms with Crippen LogP contribution in [-0.2, 0) is 16.0 Å². The van der Waals surface area contributed by atoms with Gasteiger partial charge in [-0.15, -0.1) is 0 Å². The average molecular weight is 321 g/mol. The van der Waals surface area contributed by atoms with Crippen molar-refractivity contribution in [3.05, 3.63) is 35.9 Å². The number of aliphatic hydroxyl groups is 1. The monoisotopic (exact) mass is 321 g/mol. The number of amides is 1. The number of nitrogens with one attached hydrogen (secondary N) is 1. The Morgan fingerprint density at radius 3 is 2.48 bits per heavy atom. The van der Waals surface area contributed by atoms with E-state index in [1.54, 1.807) is 20.8 Å². The number of aliphatic hydroxyl groups excluding tert-OH is 1. The first-order valence-electron chi connectivity index (χ1n) is 7.97. The molecule has 1 unspecified atom stereocenters. The molecule has 0 aliphatic heterocycles.